The Kier molecular flexibility index (Phi) is 3.68. The van der Waals surface area contributed by atoms with Crippen molar-refractivity contribution in [2.45, 2.75) is 19.5 Å². The van der Waals surface area contributed by atoms with Gasteiger partial charge in [-0.2, -0.15) is 5.10 Å². The Labute approximate surface area is 160 Å². The smallest absolute Gasteiger partial charge is 0.255 e. The third-order valence-electron chi connectivity index (χ3n) is 5.05. The van der Waals surface area contributed by atoms with Crippen molar-refractivity contribution in [2.24, 2.45) is 7.05 Å². The van der Waals surface area contributed by atoms with Crippen LogP contribution in [0, 0.1) is 0 Å². The summed E-state index contributed by atoms with van der Waals surface area (Å²) >= 11 is 0. The molecule has 0 radical (unpaired) electrons. The van der Waals surface area contributed by atoms with E-state index in [9.17, 15) is 4.79 Å². The monoisotopic (exact) mass is 374 g/mol. The maximum Gasteiger partial charge on any atom is 0.255 e. The van der Waals surface area contributed by atoms with E-state index in [0.717, 1.165) is 28.4 Å². The van der Waals surface area contributed by atoms with Gasteiger partial charge in [0.05, 0.1) is 29.9 Å². The summed E-state index contributed by atoms with van der Waals surface area (Å²) in [5.41, 5.74) is 2.92. The number of hydrogen-bond donors (Lipinski definition) is 0. The maximum atomic E-state index is 13.1. The molecule has 1 atom stereocenters. The zero-order valence-electron chi connectivity index (χ0n) is 15.5. The number of nitrogens with zero attached hydrogens (tertiary/aromatic N) is 8. The first kappa shape index (κ1) is 16.5. The average molecular weight is 374 g/mol. The van der Waals surface area contributed by atoms with Crippen LogP contribution in [0.1, 0.15) is 29.1 Å². The number of fused-ring (bicyclic) bond motifs is 2. The summed E-state index contributed by atoms with van der Waals surface area (Å²) in [5, 5.41) is 12.8. The molecule has 0 aliphatic carbocycles. The third kappa shape index (κ3) is 2.55. The lowest BCUT2D eigenvalue weighted by molar-refractivity contribution is 0.0682. The molecule has 28 heavy (non-hydrogen) atoms. The van der Waals surface area contributed by atoms with Crippen LogP contribution in [0.2, 0.25) is 0 Å². The van der Waals surface area contributed by atoms with Crippen LogP contribution in [-0.2, 0) is 13.6 Å². The molecule has 1 aliphatic heterocycles. The van der Waals surface area contributed by atoms with Gasteiger partial charge in [-0.1, -0.05) is 6.07 Å². The summed E-state index contributed by atoms with van der Waals surface area (Å²) in [6.07, 6.45) is 5.03. The second kappa shape index (κ2) is 6.22. The van der Waals surface area contributed by atoms with Crippen molar-refractivity contribution in [1.29, 1.82) is 0 Å². The molecular formula is C19H18N8O. The number of aryl methyl sites for hydroxylation is 1. The first-order valence-electron chi connectivity index (χ1n) is 9.04. The zero-order chi connectivity index (χ0) is 19.3. The summed E-state index contributed by atoms with van der Waals surface area (Å²) in [6, 6.07) is 7.58. The van der Waals surface area contributed by atoms with Gasteiger partial charge in [0.15, 0.2) is 11.6 Å². The molecule has 0 spiro atoms. The Hall–Kier alpha value is -3.62. The highest BCUT2D eigenvalue weighted by molar-refractivity contribution is 5.96. The molecular weight excluding hydrogens is 356 g/mol. The van der Waals surface area contributed by atoms with Crippen molar-refractivity contribution >= 4 is 16.9 Å². The molecule has 0 unspecified atom stereocenters. The standard InChI is InChI=1S/C19H18N8O/c1-12-10-26(19(28)13-7-16-15(21-8-13)9-22-25(16)2)11-17-23-24-18(27(12)17)14-5-3-4-6-20-14/h3-9,12H,10-11H2,1-2H3/t12-/m0/s1. The van der Waals surface area contributed by atoms with Crippen LogP contribution in [-0.4, -0.2) is 51.9 Å². The highest BCUT2D eigenvalue weighted by atomic mass is 16.2. The van der Waals surface area contributed by atoms with E-state index in [1.807, 2.05) is 31.3 Å². The minimum Gasteiger partial charge on any atom is -0.329 e. The molecule has 0 aromatic carbocycles. The van der Waals surface area contributed by atoms with E-state index in [0.29, 0.717) is 18.7 Å². The third-order valence-corrected chi connectivity index (χ3v) is 5.05. The molecule has 0 saturated carbocycles. The van der Waals surface area contributed by atoms with Crippen molar-refractivity contribution in [3.05, 3.63) is 54.2 Å². The molecule has 9 nitrogen and oxygen atoms in total. The van der Waals surface area contributed by atoms with Crippen LogP contribution in [0.4, 0.5) is 0 Å². The fourth-order valence-electron chi connectivity index (χ4n) is 3.68. The van der Waals surface area contributed by atoms with Crippen LogP contribution < -0.4 is 0 Å². The second-order valence-corrected chi connectivity index (χ2v) is 6.96. The van der Waals surface area contributed by atoms with Crippen LogP contribution in [0.25, 0.3) is 22.6 Å². The molecule has 1 aliphatic rings. The molecule has 4 aromatic rings. The number of amides is 1. The van der Waals surface area contributed by atoms with Gasteiger partial charge in [-0.15, -0.1) is 10.2 Å². The Morgan fingerprint density at radius 2 is 2.07 bits per heavy atom. The normalized spacial score (nSPS) is 16.4. The van der Waals surface area contributed by atoms with Crippen LogP contribution in [0.15, 0.2) is 42.9 Å². The van der Waals surface area contributed by atoms with Crippen LogP contribution >= 0.6 is 0 Å². The minimum absolute atomic E-state index is 0.0353. The summed E-state index contributed by atoms with van der Waals surface area (Å²) in [6.45, 7) is 3.01. The largest absolute Gasteiger partial charge is 0.329 e. The van der Waals surface area contributed by atoms with E-state index in [-0.39, 0.29) is 11.9 Å². The molecule has 0 N–H and O–H groups in total. The Bertz CT molecular complexity index is 1180. The first-order valence-corrected chi connectivity index (χ1v) is 9.04. The number of hydrogen-bond acceptors (Lipinski definition) is 6. The van der Waals surface area contributed by atoms with Gasteiger partial charge in [0.25, 0.3) is 5.91 Å². The van der Waals surface area contributed by atoms with E-state index in [2.05, 4.69) is 36.8 Å². The van der Waals surface area contributed by atoms with E-state index < -0.39 is 0 Å². The quantitative estimate of drug-likeness (QED) is 0.531. The molecule has 0 bridgehead atoms. The van der Waals surface area contributed by atoms with E-state index >= 15 is 0 Å². The average Bonchev–Trinajstić information content (AvgIpc) is 3.32. The summed E-state index contributed by atoms with van der Waals surface area (Å²) in [4.78, 5) is 23.6. The Balaban J connectivity index is 1.46. The second-order valence-electron chi connectivity index (χ2n) is 6.96. The number of carbonyl (C=O) groups is 1. The molecule has 4 aromatic heterocycles. The zero-order valence-corrected chi connectivity index (χ0v) is 15.5. The Morgan fingerprint density at radius 1 is 1.18 bits per heavy atom. The SMILES string of the molecule is C[C@H]1CN(C(=O)c2cnc3cnn(C)c3c2)Cc2nnc(-c3ccccn3)n21. The number of carbonyl (C=O) groups excluding carboxylic acids is 1. The van der Waals surface area contributed by atoms with Gasteiger partial charge in [-0.3, -0.25) is 19.4 Å². The molecule has 140 valence electrons. The lowest BCUT2D eigenvalue weighted by atomic mass is 10.1. The van der Waals surface area contributed by atoms with E-state index in [1.165, 1.54) is 0 Å². The van der Waals surface area contributed by atoms with Crippen molar-refractivity contribution in [3.8, 4) is 11.5 Å². The van der Waals surface area contributed by atoms with Gasteiger partial charge in [-0.25, -0.2) is 0 Å². The number of pyridine rings is 2. The van der Waals surface area contributed by atoms with Gasteiger partial charge in [-0.05, 0) is 25.1 Å². The lowest BCUT2D eigenvalue weighted by Crippen LogP contribution is -2.40. The maximum absolute atomic E-state index is 13.1. The topological polar surface area (TPSA) is 94.6 Å². The Morgan fingerprint density at radius 3 is 2.89 bits per heavy atom. The molecule has 5 rings (SSSR count). The van der Waals surface area contributed by atoms with Crippen molar-refractivity contribution in [3.63, 3.8) is 0 Å². The lowest BCUT2D eigenvalue weighted by Gasteiger charge is -2.32. The van der Waals surface area contributed by atoms with Crippen molar-refractivity contribution in [1.82, 2.24) is 39.4 Å². The van der Waals surface area contributed by atoms with Crippen LogP contribution in [0.5, 0.6) is 0 Å². The summed E-state index contributed by atoms with van der Waals surface area (Å²) in [7, 11) is 1.84. The molecule has 5 heterocycles. The fraction of sp³-hybridized carbons (Fsp3) is 0.263. The number of rotatable bonds is 2. The van der Waals surface area contributed by atoms with E-state index in [1.54, 1.807) is 28.2 Å². The van der Waals surface area contributed by atoms with Gasteiger partial charge in [0.2, 0.25) is 0 Å². The highest BCUT2D eigenvalue weighted by Gasteiger charge is 2.30. The van der Waals surface area contributed by atoms with Gasteiger partial charge in [0.1, 0.15) is 11.2 Å². The van der Waals surface area contributed by atoms with Crippen LogP contribution in [0.3, 0.4) is 0 Å². The molecule has 9 heteroatoms. The predicted molar refractivity (Wildman–Crippen MR) is 101 cm³/mol. The molecule has 0 fully saturated rings. The molecule has 0 saturated heterocycles. The predicted octanol–water partition coefficient (Wildman–Crippen LogP) is 1.84. The fourth-order valence-corrected chi connectivity index (χ4v) is 3.68. The van der Waals surface area contributed by atoms with Gasteiger partial charge < -0.3 is 9.47 Å². The van der Waals surface area contributed by atoms with Crippen molar-refractivity contribution in [2.75, 3.05) is 6.54 Å². The molecule has 1 amide bonds. The minimum atomic E-state index is -0.0731. The van der Waals surface area contributed by atoms with E-state index in [4.69, 9.17) is 0 Å². The summed E-state index contributed by atoms with van der Waals surface area (Å²) in [5.74, 6) is 1.41. The van der Waals surface area contributed by atoms with Gasteiger partial charge in [0, 0.05) is 26.0 Å². The highest BCUT2D eigenvalue weighted by Crippen LogP contribution is 2.27. The number of aromatic nitrogens is 7. The summed E-state index contributed by atoms with van der Waals surface area (Å²) < 4.78 is 3.78. The van der Waals surface area contributed by atoms with Crippen molar-refractivity contribution < 1.29 is 4.79 Å². The van der Waals surface area contributed by atoms with Gasteiger partial charge >= 0.3 is 0 Å². The first-order chi connectivity index (χ1) is 13.6.